The van der Waals surface area contributed by atoms with E-state index in [1.807, 2.05) is 0 Å². The van der Waals surface area contributed by atoms with Crippen molar-refractivity contribution in [1.29, 1.82) is 0 Å². The number of hydrogen-bond donors (Lipinski definition) is 1. The smallest absolute Gasteiger partial charge is 0.0179 e. The fourth-order valence-corrected chi connectivity index (χ4v) is 2.57. The van der Waals surface area contributed by atoms with Crippen LogP contribution in [0.1, 0.15) is 33.3 Å². The monoisotopic (exact) mass is 205 g/mol. The molecule has 0 bridgehead atoms. The molecule has 0 aliphatic heterocycles. The van der Waals surface area contributed by atoms with E-state index in [2.05, 4.69) is 70.4 Å². The van der Waals surface area contributed by atoms with Crippen molar-refractivity contribution in [2.24, 2.45) is 5.92 Å². The summed E-state index contributed by atoms with van der Waals surface area (Å²) >= 11 is 0. The third-order valence-electron chi connectivity index (χ3n) is 3.27. The van der Waals surface area contributed by atoms with Crippen LogP contribution in [0.5, 0.6) is 0 Å². The molecule has 0 saturated carbocycles. The maximum Gasteiger partial charge on any atom is 0.0179 e. The molecule has 0 heterocycles. The van der Waals surface area contributed by atoms with Gasteiger partial charge in [-0.1, -0.05) is 58.0 Å². The van der Waals surface area contributed by atoms with Crippen molar-refractivity contribution in [3.63, 3.8) is 0 Å². The topological polar surface area (TPSA) is 12.0 Å². The number of benzene rings is 1. The molecule has 1 atom stereocenters. The fourth-order valence-electron chi connectivity index (χ4n) is 2.57. The molecule has 1 aromatic rings. The summed E-state index contributed by atoms with van der Waals surface area (Å²) in [6, 6.07) is 11.2. The summed E-state index contributed by atoms with van der Waals surface area (Å²) in [6.45, 7) is 9.16. The lowest BCUT2D eigenvalue weighted by Crippen LogP contribution is -2.46. The Morgan fingerprint density at radius 3 is 2.00 bits per heavy atom. The molecule has 0 saturated heterocycles. The van der Waals surface area contributed by atoms with E-state index in [9.17, 15) is 0 Å². The lowest BCUT2D eigenvalue weighted by molar-refractivity contribution is 0.285. The maximum absolute atomic E-state index is 3.44. The van der Waals surface area contributed by atoms with Gasteiger partial charge in [0.25, 0.3) is 0 Å². The summed E-state index contributed by atoms with van der Waals surface area (Å²) < 4.78 is 0. The quantitative estimate of drug-likeness (QED) is 0.796. The predicted molar refractivity (Wildman–Crippen MR) is 67.2 cm³/mol. The Kier molecular flexibility index (Phi) is 3.92. The molecule has 0 aromatic heterocycles. The van der Waals surface area contributed by atoms with Crippen LogP contribution in [0, 0.1) is 5.92 Å². The third-order valence-corrected chi connectivity index (χ3v) is 3.27. The highest BCUT2D eigenvalue weighted by molar-refractivity contribution is 5.26. The minimum Gasteiger partial charge on any atom is -0.316 e. The molecule has 0 fully saturated rings. The van der Waals surface area contributed by atoms with Crippen molar-refractivity contribution < 1.29 is 0 Å². The van der Waals surface area contributed by atoms with E-state index in [1.165, 1.54) is 5.56 Å². The average molecular weight is 205 g/mol. The Hall–Kier alpha value is -0.820. The second-order valence-electron chi connectivity index (χ2n) is 5.10. The molecule has 0 aliphatic carbocycles. The molecule has 1 heteroatoms. The van der Waals surface area contributed by atoms with Crippen LogP contribution in [-0.2, 0) is 5.41 Å². The van der Waals surface area contributed by atoms with Gasteiger partial charge in [0.15, 0.2) is 0 Å². The summed E-state index contributed by atoms with van der Waals surface area (Å²) in [4.78, 5) is 0. The van der Waals surface area contributed by atoms with Crippen LogP contribution in [0.15, 0.2) is 30.3 Å². The van der Waals surface area contributed by atoms with E-state index in [-0.39, 0.29) is 5.41 Å². The molecule has 0 spiro atoms. The van der Waals surface area contributed by atoms with Gasteiger partial charge >= 0.3 is 0 Å². The predicted octanol–water partition coefficient (Wildman–Crippen LogP) is 3.21. The highest BCUT2D eigenvalue weighted by atomic mass is 14.9. The molecule has 0 amide bonds. The summed E-state index contributed by atoms with van der Waals surface area (Å²) in [5, 5.41) is 3.44. The Labute approximate surface area is 93.9 Å². The molecular weight excluding hydrogens is 182 g/mol. The van der Waals surface area contributed by atoms with Crippen molar-refractivity contribution >= 4 is 0 Å². The van der Waals surface area contributed by atoms with Gasteiger partial charge in [-0.15, -0.1) is 0 Å². The van der Waals surface area contributed by atoms with Crippen LogP contribution < -0.4 is 5.32 Å². The number of rotatable bonds is 4. The average Bonchev–Trinajstić information content (AvgIpc) is 2.19. The Morgan fingerprint density at radius 2 is 1.60 bits per heavy atom. The van der Waals surface area contributed by atoms with E-state index in [0.29, 0.717) is 12.0 Å². The minimum atomic E-state index is 0.171. The number of likely N-dealkylation sites (N-methyl/N-ethyl adjacent to an activating group) is 1. The molecule has 0 aliphatic rings. The van der Waals surface area contributed by atoms with E-state index in [4.69, 9.17) is 0 Å². The molecule has 15 heavy (non-hydrogen) atoms. The molecular formula is C14H23N. The fraction of sp³-hybridized carbons (Fsp3) is 0.571. The van der Waals surface area contributed by atoms with Crippen molar-refractivity contribution in [3.05, 3.63) is 35.9 Å². The molecule has 1 rings (SSSR count). The van der Waals surface area contributed by atoms with Crippen LogP contribution in [0.4, 0.5) is 0 Å². The Balaban J connectivity index is 3.00. The first kappa shape index (κ1) is 12.3. The molecule has 1 aromatic carbocycles. The zero-order chi connectivity index (χ0) is 11.5. The lowest BCUT2D eigenvalue weighted by Gasteiger charge is -2.37. The molecule has 1 nitrogen and oxygen atoms in total. The molecule has 1 unspecified atom stereocenters. The van der Waals surface area contributed by atoms with Crippen molar-refractivity contribution in [2.75, 3.05) is 7.05 Å². The normalized spacial score (nSPS) is 14.3. The first-order valence-corrected chi connectivity index (χ1v) is 5.73. The Bertz CT molecular complexity index is 287. The largest absolute Gasteiger partial charge is 0.316 e. The number of hydrogen-bond acceptors (Lipinski definition) is 1. The van der Waals surface area contributed by atoms with E-state index < -0.39 is 0 Å². The van der Waals surface area contributed by atoms with Gasteiger partial charge in [-0.25, -0.2) is 0 Å². The highest BCUT2D eigenvalue weighted by Gasteiger charge is 2.31. The minimum absolute atomic E-state index is 0.171. The zero-order valence-corrected chi connectivity index (χ0v) is 10.5. The van der Waals surface area contributed by atoms with Crippen molar-refractivity contribution in [2.45, 2.75) is 39.2 Å². The van der Waals surface area contributed by atoms with Gasteiger partial charge in [0.2, 0.25) is 0 Å². The van der Waals surface area contributed by atoms with Crippen molar-refractivity contribution in [1.82, 2.24) is 5.32 Å². The zero-order valence-electron chi connectivity index (χ0n) is 10.5. The van der Waals surface area contributed by atoms with Gasteiger partial charge < -0.3 is 5.32 Å². The van der Waals surface area contributed by atoms with Crippen LogP contribution in [-0.4, -0.2) is 13.1 Å². The van der Waals surface area contributed by atoms with Gasteiger partial charge in [-0.05, 0) is 18.5 Å². The molecule has 0 radical (unpaired) electrons. The standard InChI is InChI=1S/C14H23N/c1-11(2)13(15-5)14(3,4)12-9-7-6-8-10-12/h6-11,13,15H,1-5H3. The van der Waals surface area contributed by atoms with Crippen LogP contribution in [0.25, 0.3) is 0 Å². The van der Waals surface area contributed by atoms with Crippen LogP contribution in [0.3, 0.4) is 0 Å². The SMILES string of the molecule is CNC(C(C)C)C(C)(C)c1ccccc1. The molecule has 1 N–H and O–H groups in total. The first-order valence-electron chi connectivity index (χ1n) is 5.73. The van der Waals surface area contributed by atoms with E-state index >= 15 is 0 Å². The first-order chi connectivity index (χ1) is 7.00. The third kappa shape index (κ3) is 2.60. The second kappa shape index (κ2) is 4.80. The van der Waals surface area contributed by atoms with Crippen molar-refractivity contribution in [3.8, 4) is 0 Å². The highest BCUT2D eigenvalue weighted by Crippen LogP contribution is 2.30. The van der Waals surface area contributed by atoms with Gasteiger partial charge in [-0.3, -0.25) is 0 Å². The van der Waals surface area contributed by atoms with Gasteiger partial charge in [0.05, 0.1) is 0 Å². The Morgan fingerprint density at radius 1 is 1.07 bits per heavy atom. The number of nitrogens with one attached hydrogen (secondary N) is 1. The van der Waals surface area contributed by atoms with E-state index in [0.717, 1.165) is 0 Å². The summed E-state index contributed by atoms with van der Waals surface area (Å²) in [6.07, 6.45) is 0. The van der Waals surface area contributed by atoms with Crippen LogP contribution >= 0.6 is 0 Å². The maximum atomic E-state index is 3.44. The summed E-state index contributed by atoms with van der Waals surface area (Å²) in [7, 11) is 2.05. The molecule has 84 valence electrons. The van der Waals surface area contributed by atoms with Gasteiger partial charge in [0.1, 0.15) is 0 Å². The summed E-state index contributed by atoms with van der Waals surface area (Å²) in [5.74, 6) is 0.630. The summed E-state index contributed by atoms with van der Waals surface area (Å²) in [5.41, 5.74) is 1.57. The van der Waals surface area contributed by atoms with E-state index in [1.54, 1.807) is 0 Å². The van der Waals surface area contributed by atoms with Gasteiger partial charge in [-0.2, -0.15) is 0 Å². The van der Waals surface area contributed by atoms with Crippen LogP contribution in [0.2, 0.25) is 0 Å². The second-order valence-corrected chi connectivity index (χ2v) is 5.10. The lowest BCUT2D eigenvalue weighted by atomic mass is 9.73. The van der Waals surface area contributed by atoms with Gasteiger partial charge in [0, 0.05) is 11.5 Å².